The van der Waals surface area contributed by atoms with E-state index in [2.05, 4.69) is 23.7 Å². The van der Waals surface area contributed by atoms with Gasteiger partial charge in [-0.05, 0) is 88.2 Å². The first-order chi connectivity index (χ1) is 18.9. The second kappa shape index (κ2) is 11.0. The highest BCUT2D eigenvalue weighted by molar-refractivity contribution is 5.89. The number of nitrogens with zero attached hydrogens (tertiary/aromatic N) is 3. The molecule has 0 radical (unpaired) electrons. The Morgan fingerprint density at radius 1 is 0.949 bits per heavy atom. The second-order valence-corrected chi connectivity index (χ2v) is 13.5. The first kappa shape index (κ1) is 27.0. The molecular formula is C33H47N3O3. The van der Waals surface area contributed by atoms with Crippen LogP contribution < -0.4 is 5.56 Å². The molecule has 2 aromatic rings. The van der Waals surface area contributed by atoms with Crippen molar-refractivity contribution in [3.05, 3.63) is 40.3 Å². The molecule has 6 rings (SSSR count). The Kier molecular flexibility index (Phi) is 7.60. The number of piperidine rings is 1. The molecule has 0 spiro atoms. The number of benzene rings is 1. The second-order valence-electron chi connectivity index (χ2n) is 13.5. The summed E-state index contributed by atoms with van der Waals surface area (Å²) in [5, 5.41) is 0. The molecule has 39 heavy (non-hydrogen) atoms. The average Bonchev–Trinajstić information content (AvgIpc) is 3.19. The predicted octanol–water partition coefficient (Wildman–Crippen LogP) is 6.91. The fourth-order valence-electron chi connectivity index (χ4n) is 9.63. The molecule has 2 bridgehead atoms. The van der Waals surface area contributed by atoms with Gasteiger partial charge in [-0.1, -0.05) is 58.1 Å². The molecule has 2 aliphatic carbocycles. The molecule has 2 saturated heterocycles. The van der Waals surface area contributed by atoms with Crippen LogP contribution in [0.4, 0.5) is 0 Å². The number of para-hydroxylation sites is 2. The van der Waals surface area contributed by atoms with Crippen molar-refractivity contribution in [3.63, 3.8) is 0 Å². The lowest BCUT2D eigenvalue weighted by Gasteiger charge is -2.57. The van der Waals surface area contributed by atoms with Gasteiger partial charge in [0, 0.05) is 23.7 Å². The van der Waals surface area contributed by atoms with Crippen molar-refractivity contribution in [2.24, 2.45) is 17.8 Å². The number of hydrogen-bond acceptors (Lipinski definition) is 5. The van der Waals surface area contributed by atoms with Crippen LogP contribution >= 0.6 is 0 Å². The van der Waals surface area contributed by atoms with Crippen LogP contribution in [0.25, 0.3) is 11.0 Å². The molecule has 5 atom stereocenters. The highest BCUT2D eigenvalue weighted by Gasteiger charge is 2.53. The summed E-state index contributed by atoms with van der Waals surface area (Å²) < 4.78 is 7.15. The van der Waals surface area contributed by atoms with Crippen molar-refractivity contribution < 1.29 is 9.53 Å². The number of carbonyl (C=O) groups is 1. The minimum atomic E-state index is -0.612. The number of aromatic nitrogens is 2. The Morgan fingerprint density at radius 3 is 2.28 bits per heavy atom. The number of ether oxygens (including phenoxy) is 1. The number of hydrogen-bond donors (Lipinski definition) is 0. The van der Waals surface area contributed by atoms with Crippen molar-refractivity contribution >= 4 is 17.0 Å². The molecule has 3 heterocycles. The molecule has 4 fully saturated rings. The molecule has 1 aromatic heterocycles. The van der Waals surface area contributed by atoms with Gasteiger partial charge in [-0.25, -0.2) is 9.78 Å². The quantitative estimate of drug-likeness (QED) is 0.378. The van der Waals surface area contributed by atoms with E-state index in [4.69, 9.17) is 4.74 Å². The summed E-state index contributed by atoms with van der Waals surface area (Å²) in [6.07, 6.45) is 16.8. The van der Waals surface area contributed by atoms with Crippen molar-refractivity contribution in [2.45, 2.75) is 128 Å². The third kappa shape index (κ3) is 5.07. The van der Waals surface area contributed by atoms with E-state index in [1.807, 2.05) is 28.8 Å². The molecule has 6 nitrogen and oxygen atoms in total. The smallest absolute Gasteiger partial charge is 0.362 e. The summed E-state index contributed by atoms with van der Waals surface area (Å²) >= 11 is 0. The third-order valence-corrected chi connectivity index (χ3v) is 10.5. The number of esters is 1. The Labute approximate surface area is 233 Å². The van der Waals surface area contributed by atoms with Gasteiger partial charge in [0.15, 0.2) is 0 Å². The van der Waals surface area contributed by atoms with Crippen LogP contribution in [0.3, 0.4) is 0 Å². The lowest BCUT2D eigenvalue weighted by Crippen LogP contribution is -2.61. The highest BCUT2D eigenvalue weighted by atomic mass is 16.5. The molecular weight excluding hydrogens is 486 g/mol. The largest absolute Gasteiger partial charge is 0.461 e. The van der Waals surface area contributed by atoms with E-state index in [1.165, 1.54) is 70.6 Å². The lowest BCUT2D eigenvalue weighted by atomic mass is 9.64. The summed E-state index contributed by atoms with van der Waals surface area (Å²) in [5.41, 5.74) is 1.47. The standard InChI is InChI=1S/C33H47N3O3/c1-4-39-32(38)30-31(37)35(29-13-9-8-12-28(29)34-30)27-17-25-14-15-26(18-27)36(25)33(19-22(2)16-23(3)20-33)21-24-10-6-5-7-11-24/h8-9,12-13,22-27H,4-7,10-11,14-21H2,1-3H3/t22?,23?,25-,26+,27-,33?. The van der Waals surface area contributed by atoms with Gasteiger partial charge >= 0.3 is 5.97 Å². The Balaban J connectivity index is 1.35. The van der Waals surface area contributed by atoms with E-state index in [0.717, 1.165) is 36.1 Å². The van der Waals surface area contributed by atoms with E-state index in [9.17, 15) is 9.59 Å². The van der Waals surface area contributed by atoms with E-state index in [-0.39, 0.29) is 23.9 Å². The van der Waals surface area contributed by atoms with Gasteiger partial charge < -0.3 is 9.30 Å². The fraction of sp³-hybridized carbons (Fsp3) is 0.727. The van der Waals surface area contributed by atoms with Gasteiger partial charge in [-0.3, -0.25) is 9.69 Å². The van der Waals surface area contributed by atoms with E-state index in [0.29, 0.717) is 23.1 Å². The zero-order chi connectivity index (χ0) is 27.1. The predicted molar refractivity (Wildman–Crippen MR) is 155 cm³/mol. The van der Waals surface area contributed by atoms with Crippen molar-refractivity contribution in [2.75, 3.05) is 6.61 Å². The topological polar surface area (TPSA) is 64.4 Å². The van der Waals surface area contributed by atoms with Crippen molar-refractivity contribution in [3.8, 4) is 0 Å². The Bertz CT molecular complexity index is 1220. The zero-order valence-electron chi connectivity index (χ0n) is 24.2. The van der Waals surface area contributed by atoms with Crippen molar-refractivity contribution in [1.29, 1.82) is 0 Å². The Morgan fingerprint density at radius 2 is 1.62 bits per heavy atom. The first-order valence-corrected chi connectivity index (χ1v) is 15.9. The molecule has 2 saturated carbocycles. The number of carbonyl (C=O) groups excluding carboxylic acids is 1. The van der Waals surface area contributed by atoms with Gasteiger partial charge in [-0.15, -0.1) is 0 Å². The highest BCUT2D eigenvalue weighted by Crippen LogP contribution is 2.53. The van der Waals surface area contributed by atoms with Gasteiger partial charge in [-0.2, -0.15) is 0 Å². The SMILES string of the molecule is CCOC(=O)c1nc2ccccc2n([C@@H]2C[C@H]3CC[C@@H](C2)N3C2(CC3CCCCC3)CC(C)CC(C)C2)c1=O. The summed E-state index contributed by atoms with van der Waals surface area (Å²) in [7, 11) is 0. The molecule has 0 N–H and O–H groups in total. The molecule has 4 aliphatic rings. The normalized spacial score (nSPS) is 33.9. The maximum atomic E-state index is 13.8. The minimum absolute atomic E-state index is 0.0750. The van der Waals surface area contributed by atoms with Crippen LogP contribution in [0.1, 0.15) is 121 Å². The lowest BCUT2D eigenvalue weighted by molar-refractivity contribution is -0.0646. The summed E-state index contributed by atoms with van der Waals surface area (Å²) in [6, 6.07) is 8.87. The zero-order valence-corrected chi connectivity index (χ0v) is 24.2. The minimum Gasteiger partial charge on any atom is -0.461 e. The maximum Gasteiger partial charge on any atom is 0.362 e. The van der Waals surface area contributed by atoms with Crippen LogP contribution in [0.5, 0.6) is 0 Å². The Hall–Kier alpha value is -2.21. The summed E-state index contributed by atoms with van der Waals surface area (Å²) in [5.74, 6) is 1.80. The van der Waals surface area contributed by atoms with Crippen molar-refractivity contribution in [1.82, 2.24) is 14.5 Å². The molecule has 0 amide bonds. The number of fused-ring (bicyclic) bond motifs is 3. The van der Waals surface area contributed by atoms with Gasteiger partial charge in [0.25, 0.3) is 5.56 Å². The average molecular weight is 534 g/mol. The van der Waals surface area contributed by atoms with E-state index < -0.39 is 5.97 Å². The molecule has 6 heteroatoms. The van der Waals surface area contributed by atoms with Crippen LogP contribution in [-0.4, -0.2) is 44.6 Å². The van der Waals surface area contributed by atoms with E-state index in [1.54, 1.807) is 6.92 Å². The monoisotopic (exact) mass is 533 g/mol. The molecule has 1 aromatic carbocycles. The van der Waals surface area contributed by atoms with E-state index >= 15 is 0 Å². The maximum absolute atomic E-state index is 13.8. The van der Waals surface area contributed by atoms with Crippen LogP contribution in [-0.2, 0) is 4.74 Å². The van der Waals surface area contributed by atoms with Crippen LogP contribution in [0.15, 0.2) is 29.1 Å². The molecule has 2 unspecified atom stereocenters. The van der Waals surface area contributed by atoms with Crippen LogP contribution in [0.2, 0.25) is 0 Å². The van der Waals surface area contributed by atoms with Gasteiger partial charge in [0.05, 0.1) is 17.6 Å². The summed E-state index contributed by atoms with van der Waals surface area (Å²) in [6.45, 7) is 6.97. The summed E-state index contributed by atoms with van der Waals surface area (Å²) in [4.78, 5) is 34.0. The van der Waals surface area contributed by atoms with Crippen LogP contribution in [0, 0.1) is 17.8 Å². The fourth-order valence-corrected chi connectivity index (χ4v) is 9.63. The van der Waals surface area contributed by atoms with Gasteiger partial charge in [0.1, 0.15) is 0 Å². The molecule has 212 valence electrons. The molecule has 2 aliphatic heterocycles. The van der Waals surface area contributed by atoms with Gasteiger partial charge in [0.2, 0.25) is 5.69 Å². The first-order valence-electron chi connectivity index (χ1n) is 15.9. The third-order valence-electron chi connectivity index (χ3n) is 10.5. The number of rotatable bonds is 6.